The number of nitrogens with zero attached hydrogens (tertiary/aromatic N) is 4. The van der Waals surface area contributed by atoms with Gasteiger partial charge >= 0.3 is 6.03 Å². The topological polar surface area (TPSA) is 48.3 Å². The summed E-state index contributed by atoms with van der Waals surface area (Å²) in [7, 11) is 0. The predicted molar refractivity (Wildman–Crippen MR) is 78.8 cm³/mol. The van der Waals surface area contributed by atoms with Gasteiger partial charge < -0.3 is 0 Å². The van der Waals surface area contributed by atoms with E-state index in [9.17, 15) is 4.79 Å². The fourth-order valence-electron chi connectivity index (χ4n) is 1.47. The summed E-state index contributed by atoms with van der Waals surface area (Å²) in [6, 6.07) is 16.8. The molecule has 0 bridgehead atoms. The Morgan fingerprint density at radius 3 is 2.00 bits per heavy atom. The largest absolute Gasteiger partial charge is 0.383 e. The maximum atomic E-state index is 12.0. The van der Waals surface area contributed by atoms with E-state index in [-0.39, 0.29) is 0 Å². The third kappa shape index (κ3) is 3.77. The fourth-order valence-corrected chi connectivity index (χ4v) is 1.77. The van der Waals surface area contributed by atoms with E-state index >= 15 is 0 Å². The van der Waals surface area contributed by atoms with E-state index in [2.05, 4.69) is 10.2 Å². The Bertz CT molecular complexity index is 590. The average molecular weight is 309 g/mol. The Hall–Kier alpha value is -1.95. The molecule has 0 unspecified atom stereocenters. The molecule has 0 atom stereocenters. The standard InChI is InChI=1S/C13H10Cl2N4O/c14-19(15)18(12-9-5-2-6-10-12)13(20)17-16-11-7-3-1-4-8-11/h1-10H/b17-16-. The first-order valence-electron chi connectivity index (χ1n) is 5.66. The van der Waals surface area contributed by atoms with Crippen LogP contribution in [0.2, 0.25) is 0 Å². The van der Waals surface area contributed by atoms with Gasteiger partial charge in [-0.3, -0.25) is 0 Å². The summed E-state index contributed by atoms with van der Waals surface area (Å²) in [6.45, 7) is 0. The summed E-state index contributed by atoms with van der Waals surface area (Å²) in [5, 5.41) is 8.40. The summed E-state index contributed by atoms with van der Waals surface area (Å²) in [6.07, 6.45) is 0. The van der Waals surface area contributed by atoms with Gasteiger partial charge in [-0.1, -0.05) is 41.5 Å². The highest BCUT2D eigenvalue weighted by Gasteiger charge is 2.20. The summed E-state index contributed by atoms with van der Waals surface area (Å²) in [4.78, 5) is 12.0. The van der Waals surface area contributed by atoms with Crippen LogP contribution in [0.1, 0.15) is 0 Å². The van der Waals surface area contributed by atoms with Crippen molar-refractivity contribution in [1.82, 2.24) is 4.05 Å². The average Bonchev–Trinajstić information content (AvgIpc) is 2.47. The number of urea groups is 1. The van der Waals surface area contributed by atoms with Crippen LogP contribution in [0, 0.1) is 0 Å². The van der Waals surface area contributed by atoms with E-state index in [1.54, 1.807) is 48.5 Å². The van der Waals surface area contributed by atoms with Crippen molar-refractivity contribution in [3.63, 3.8) is 0 Å². The molecule has 2 aromatic rings. The normalized spacial score (nSPS) is 10.9. The molecule has 7 heteroatoms. The third-order valence-electron chi connectivity index (χ3n) is 2.34. The SMILES string of the molecule is O=C(/N=N\c1ccccc1)N(c1ccccc1)N(Cl)Cl. The van der Waals surface area contributed by atoms with E-state index in [1.807, 2.05) is 12.1 Å². The van der Waals surface area contributed by atoms with Crippen LogP contribution in [0.5, 0.6) is 0 Å². The van der Waals surface area contributed by atoms with Crippen LogP contribution >= 0.6 is 23.6 Å². The van der Waals surface area contributed by atoms with Crippen LogP contribution in [0.15, 0.2) is 70.9 Å². The smallest absolute Gasteiger partial charge is 0.242 e. The molecule has 0 aromatic heterocycles. The Balaban J connectivity index is 2.19. The monoisotopic (exact) mass is 308 g/mol. The Morgan fingerprint density at radius 1 is 0.900 bits per heavy atom. The number of para-hydroxylation sites is 1. The second-order valence-electron chi connectivity index (χ2n) is 3.68. The number of azo groups is 1. The summed E-state index contributed by atoms with van der Waals surface area (Å²) < 4.78 is 0.613. The van der Waals surface area contributed by atoms with E-state index in [0.717, 1.165) is 5.01 Å². The van der Waals surface area contributed by atoms with Crippen molar-refractivity contribution in [3.8, 4) is 0 Å². The number of rotatable bonds is 3. The Kier molecular flexibility index (Phi) is 5.06. The van der Waals surface area contributed by atoms with E-state index in [4.69, 9.17) is 23.6 Å². The molecule has 102 valence electrons. The first-order chi connectivity index (χ1) is 9.68. The summed E-state index contributed by atoms with van der Waals surface area (Å²) in [5.41, 5.74) is 1.04. The van der Waals surface area contributed by atoms with Crippen LogP contribution < -0.4 is 5.01 Å². The molecule has 20 heavy (non-hydrogen) atoms. The molecular formula is C13H10Cl2N4O. The number of carbonyl (C=O) groups excluding carboxylic acids is 1. The third-order valence-corrected chi connectivity index (χ3v) is 2.64. The minimum absolute atomic E-state index is 0.481. The van der Waals surface area contributed by atoms with Crippen LogP contribution in [0.25, 0.3) is 0 Å². The number of anilines is 1. The molecule has 0 spiro atoms. The molecule has 0 fully saturated rings. The van der Waals surface area contributed by atoms with Crippen LogP contribution in [-0.4, -0.2) is 10.1 Å². The second kappa shape index (κ2) is 7.00. The zero-order valence-electron chi connectivity index (χ0n) is 10.2. The predicted octanol–water partition coefficient (Wildman–Crippen LogP) is 4.92. The van der Waals surface area contributed by atoms with Gasteiger partial charge in [-0.25, -0.2) is 4.79 Å². The molecule has 0 radical (unpaired) electrons. The molecule has 0 heterocycles. The molecule has 2 aromatic carbocycles. The van der Waals surface area contributed by atoms with Gasteiger partial charge in [0, 0.05) is 23.6 Å². The van der Waals surface area contributed by atoms with E-state index in [1.165, 1.54) is 0 Å². The lowest BCUT2D eigenvalue weighted by atomic mass is 10.3. The highest BCUT2D eigenvalue weighted by Crippen LogP contribution is 2.21. The number of hydrogen-bond acceptors (Lipinski definition) is 3. The molecule has 0 aliphatic heterocycles. The van der Waals surface area contributed by atoms with Crippen LogP contribution in [0.3, 0.4) is 0 Å². The van der Waals surface area contributed by atoms with Crippen LogP contribution in [-0.2, 0) is 0 Å². The maximum Gasteiger partial charge on any atom is 0.383 e. The number of amides is 2. The van der Waals surface area contributed by atoms with Crippen molar-refractivity contribution in [2.75, 3.05) is 5.01 Å². The quantitative estimate of drug-likeness (QED) is 0.459. The zero-order chi connectivity index (χ0) is 14.4. The lowest BCUT2D eigenvalue weighted by Crippen LogP contribution is -2.33. The Labute approximate surface area is 126 Å². The molecule has 0 aliphatic rings. The second-order valence-corrected chi connectivity index (χ2v) is 4.49. The number of hydrazine groups is 1. The van der Waals surface area contributed by atoms with Gasteiger partial charge in [0.25, 0.3) is 0 Å². The van der Waals surface area contributed by atoms with Crippen molar-refractivity contribution >= 4 is 41.0 Å². The van der Waals surface area contributed by atoms with Gasteiger partial charge in [-0.2, -0.15) is 5.01 Å². The Morgan fingerprint density at radius 2 is 1.45 bits per heavy atom. The summed E-state index contributed by atoms with van der Waals surface area (Å²) >= 11 is 11.3. The molecule has 0 N–H and O–H groups in total. The zero-order valence-corrected chi connectivity index (χ0v) is 11.7. The first kappa shape index (κ1) is 14.5. The van der Waals surface area contributed by atoms with Crippen molar-refractivity contribution in [3.05, 3.63) is 60.7 Å². The number of benzene rings is 2. The van der Waals surface area contributed by atoms with E-state index < -0.39 is 6.03 Å². The highest BCUT2D eigenvalue weighted by atomic mass is 35.5. The maximum absolute atomic E-state index is 12.0. The van der Waals surface area contributed by atoms with Gasteiger partial charge in [0.2, 0.25) is 0 Å². The van der Waals surface area contributed by atoms with Gasteiger partial charge in [0.15, 0.2) is 0 Å². The van der Waals surface area contributed by atoms with Crippen LogP contribution in [0.4, 0.5) is 16.2 Å². The van der Waals surface area contributed by atoms with Gasteiger partial charge in [-0.05, 0) is 28.3 Å². The van der Waals surface area contributed by atoms with Crippen molar-refractivity contribution in [1.29, 1.82) is 0 Å². The molecule has 2 rings (SSSR count). The summed E-state index contributed by atoms with van der Waals surface area (Å²) in [5.74, 6) is 0. The minimum atomic E-state index is -0.704. The molecular weight excluding hydrogens is 299 g/mol. The van der Waals surface area contributed by atoms with Crippen molar-refractivity contribution < 1.29 is 4.79 Å². The molecule has 0 saturated heterocycles. The molecule has 0 saturated carbocycles. The van der Waals surface area contributed by atoms with Crippen molar-refractivity contribution in [2.24, 2.45) is 10.2 Å². The lowest BCUT2D eigenvalue weighted by Gasteiger charge is -2.20. The number of carbonyl (C=O) groups is 1. The molecule has 5 nitrogen and oxygen atoms in total. The fraction of sp³-hybridized carbons (Fsp3) is 0. The number of halogens is 2. The van der Waals surface area contributed by atoms with Gasteiger partial charge in [0.1, 0.15) is 0 Å². The van der Waals surface area contributed by atoms with Gasteiger partial charge in [-0.15, -0.1) is 5.11 Å². The highest BCUT2D eigenvalue weighted by molar-refractivity contribution is 6.35. The van der Waals surface area contributed by atoms with E-state index in [0.29, 0.717) is 15.4 Å². The first-order valence-corrected chi connectivity index (χ1v) is 6.33. The number of hydrogen-bond donors (Lipinski definition) is 0. The lowest BCUT2D eigenvalue weighted by molar-refractivity contribution is 0.249. The van der Waals surface area contributed by atoms with Gasteiger partial charge in [0.05, 0.1) is 11.4 Å². The van der Waals surface area contributed by atoms with Crippen molar-refractivity contribution in [2.45, 2.75) is 0 Å². The molecule has 0 aliphatic carbocycles. The minimum Gasteiger partial charge on any atom is -0.242 e. The molecule has 2 amide bonds.